The third kappa shape index (κ3) is 5.70. The van der Waals surface area contributed by atoms with E-state index in [2.05, 4.69) is 15.8 Å². The molecule has 31 heavy (non-hydrogen) atoms. The smallest absolute Gasteiger partial charge is 0.271 e. The van der Waals surface area contributed by atoms with Crippen LogP contribution in [0.3, 0.4) is 0 Å². The Kier molecular flexibility index (Phi) is 7.04. The molecule has 160 valence electrons. The highest BCUT2D eigenvalue weighted by molar-refractivity contribution is 7.14. The molecular formula is C23H23N3O4S. The summed E-state index contributed by atoms with van der Waals surface area (Å²) in [6, 6.07) is 15.9. The minimum absolute atomic E-state index is 0.162. The molecule has 0 saturated heterocycles. The van der Waals surface area contributed by atoms with Gasteiger partial charge in [0.1, 0.15) is 11.5 Å². The summed E-state index contributed by atoms with van der Waals surface area (Å²) < 4.78 is 10.4. The first kappa shape index (κ1) is 22.0. The van der Waals surface area contributed by atoms with Gasteiger partial charge in [0.15, 0.2) is 0 Å². The molecule has 0 aliphatic carbocycles. The van der Waals surface area contributed by atoms with Gasteiger partial charge >= 0.3 is 0 Å². The lowest BCUT2D eigenvalue weighted by Gasteiger charge is -2.09. The molecule has 1 aromatic heterocycles. The van der Waals surface area contributed by atoms with Gasteiger partial charge in [0, 0.05) is 22.2 Å². The quantitative estimate of drug-likeness (QED) is 0.421. The van der Waals surface area contributed by atoms with Gasteiger partial charge in [-0.2, -0.15) is 5.10 Å². The second kappa shape index (κ2) is 9.90. The molecule has 7 nitrogen and oxygen atoms in total. The van der Waals surface area contributed by atoms with Crippen LogP contribution in [0, 0.1) is 6.92 Å². The fourth-order valence-electron chi connectivity index (χ4n) is 2.77. The number of hydrogen-bond donors (Lipinski definition) is 2. The maximum Gasteiger partial charge on any atom is 0.271 e. The van der Waals surface area contributed by atoms with Crippen molar-refractivity contribution < 1.29 is 19.1 Å². The van der Waals surface area contributed by atoms with Crippen LogP contribution in [0.1, 0.15) is 37.4 Å². The van der Waals surface area contributed by atoms with Crippen molar-refractivity contribution in [3.63, 3.8) is 0 Å². The number of rotatable bonds is 7. The Labute approximate surface area is 184 Å². The number of carbonyl (C=O) groups excluding carboxylic acids is 2. The van der Waals surface area contributed by atoms with Crippen LogP contribution in [0.4, 0.5) is 5.69 Å². The zero-order valence-corrected chi connectivity index (χ0v) is 18.5. The number of methoxy groups -OCH3 is 2. The number of benzene rings is 2. The van der Waals surface area contributed by atoms with E-state index in [4.69, 9.17) is 9.47 Å². The van der Waals surface area contributed by atoms with Crippen molar-refractivity contribution in [2.75, 3.05) is 19.5 Å². The summed E-state index contributed by atoms with van der Waals surface area (Å²) in [5.74, 6) is 0.461. The van der Waals surface area contributed by atoms with Gasteiger partial charge in [0.25, 0.3) is 11.8 Å². The summed E-state index contributed by atoms with van der Waals surface area (Å²) in [4.78, 5) is 26.6. The molecule has 0 radical (unpaired) electrons. The fraction of sp³-hybridized carbons (Fsp3) is 0.174. The summed E-state index contributed by atoms with van der Waals surface area (Å²) in [7, 11) is 3.04. The average molecular weight is 438 g/mol. The van der Waals surface area contributed by atoms with Crippen LogP contribution in [0.15, 0.2) is 59.7 Å². The average Bonchev–Trinajstić information content (AvgIpc) is 3.23. The van der Waals surface area contributed by atoms with Crippen molar-refractivity contribution in [3.05, 3.63) is 75.5 Å². The number of carbonyl (C=O) groups is 2. The van der Waals surface area contributed by atoms with Gasteiger partial charge in [-0.1, -0.05) is 12.1 Å². The molecular weight excluding hydrogens is 414 g/mol. The molecule has 3 aromatic rings. The third-order valence-corrected chi connectivity index (χ3v) is 5.44. The second-order valence-corrected chi connectivity index (χ2v) is 7.97. The largest absolute Gasteiger partial charge is 0.497 e. The Morgan fingerprint density at radius 2 is 1.61 bits per heavy atom. The highest BCUT2D eigenvalue weighted by atomic mass is 32.1. The van der Waals surface area contributed by atoms with Crippen LogP contribution in [0.5, 0.6) is 11.5 Å². The van der Waals surface area contributed by atoms with Crippen molar-refractivity contribution >= 4 is 34.6 Å². The summed E-state index contributed by atoms with van der Waals surface area (Å²) in [5.41, 5.74) is 4.90. The minimum atomic E-state index is -0.394. The van der Waals surface area contributed by atoms with Crippen molar-refractivity contribution in [1.82, 2.24) is 5.43 Å². The molecule has 0 unspecified atom stereocenters. The van der Waals surface area contributed by atoms with Gasteiger partial charge in [0.2, 0.25) is 0 Å². The minimum Gasteiger partial charge on any atom is -0.497 e. The second-order valence-electron chi connectivity index (χ2n) is 6.68. The number of nitrogens with one attached hydrogen (secondary N) is 2. The van der Waals surface area contributed by atoms with Gasteiger partial charge in [-0.05, 0) is 55.8 Å². The van der Waals surface area contributed by atoms with E-state index in [-0.39, 0.29) is 5.91 Å². The maximum atomic E-state index is 12.5. The van der Waals surface area contributed by atoms with Crippen molar-refractivity contribution in [3.8, 4) is 11.5 Å². The Hall–Kier alpha value is -3.65. The summed E-state index contributed by atoms with van der Waals surface area (Å²) >= 11 is 1.44. The number of hydrogen-bond acceptors (Lipinski definition) is 6. The zero-order chi connectivity index (χ0) is 22.4. The van der Waals surface area contributed by atoms with Gasteiger partial charge in [-0.15, -0.1) is 11.3 Å². The van der Waals surface area contributed by atoms with Crippen LogP contribution in [0.25, 0.3) is 0 Å². The predicted octanol–water partition coefficient (Wildman–Crippen LogP) is 4.48. The number of hydrazone groups is 1. The van der Waals surface area contributed by atoms with E-state index in [0.29, 0.717) is 33.3 Å². The first-order valence-electron chi connectivity index (χ1n) is 9.45. The van der Waals surface area contributed by atoms with E-state index in [1.165, 1.54) is 25.6 Å². The highest BCUT2D eigenvalue weighted by Crippen LogP contribution is 2.22. The molecule has 2 aromatic carbocycles. The summed E-state index contributed by atoms with van der Waals surface area (Å²) in [6.45, 7) is 3.73. The maximum absolute atomic E-state index is 12.5. The molecule has 2 N–H and O–H groups in total. The van der Waals surface area contributed by atoms with Crippen molar-refractivity contribution in [2.45, 2.75) is 13.8 Å². The van der Waals surface area contributed by atoms with E-state index >= 15 is 0 Å². The van der Waals surface area contributed by atoms with Crippen LogP contribution in [-0.4, -0.2) is 31.7 Å². The fourth-order valence-corrected chi connectivity index (χ4v) is 3.54. The zero-order valence-electron chi connectivity index (χ0n) is 17.7. The van der Waals surface area contributed by atoms with E-state index in [1.54, 1.807) is 43.3 Å². The molecule has 0 saturated carbocycles. The van der Waals surface area contributed by atoms with Gasteiger partial charge in [0.05, 0.1) is 24.8 Å². The van der Waals surface area contributed by atoms with E-state index in [9.17, 15) is 9.59 Å². The van der Waals surface area contributed by atoms with Gasteiger partial charge < -0.3 is 14.8 Å². The Morgan fingerprint density at radius 1 is 0.903 bits per heavy atom. The Balaban J connectivity index is 1.71. The monoisotopic (exact) mass is 437 g/mol. The van der Waals surface area contributed by atoms with Gasteiger partial charge in [-0.3, -0.25) is 9.59 Å². The molecule has 1 heterocycles. The van der Waals surface area contributed by atoms with E-state index in [1.807, 2.05) is 25.1 Å². The third-order valence-electron chi connectivity index (χ3n) is 4.44. The molecule has 2 amide bonds. The first-order chi connectivity index (χ1) is 14.9. The molecule has 0 fully saturated rings. The lowest BCUT2D eigenvalue weighted by Crippen LogP contribution is -2.19. The number of anilines is 1. The summed E-state index contributed by atoms with van der Waals surface area (Å²) in [6.07, 6.45) is 0. The predicted molar refractivity (Wildman–Crippen MR) is 123 cm³/mol. The molecule has 0 spiro atoms. The van der Waals surface area contributed by atoms with Crippen molar-refractivity contribution in [1.29, 1.82) is 0 Å². The number of thiophene rings is 1. The van der Waals surface area contributed by atoms with Crippen LogP contribution in [0.2, 0.25) is 0 Å². The SMILES string of the molecule is COc1cc(OC)cc(C(=O)N/N=C(/C)c2cccc(NC(=O)c3ccc(C)s3)c2)c1. The molecule has 3 rings (SSSR count). The molecule has 0 bridgehead atoms. The molecule has 0 atom stereocenters. The lowest BCUT2D eigenvalue weighted by atomic mass is 10.1. The van der Waals surface area contributed by atoms with E-state index < -0.39 is 5.91 Å². The highest BCUT2D eigenvalue weighted by Gasteiger charge is 2.11. The number of nitrogens with zero attached hydrogens (tertiary/aromatic N) is 1. The lowest BCUT2D eigenvalue weighted by molar-refractivity contribution is 0.0953. The van der Waals surface area contributed by atoms with Crippen LogP contribution >= 0.6 is 11.3 Å². The van der Waals surface area contributed by atoms with Crippen LogP contribution < -0.4 is 20.2 Å². The molecule has 8 heteroatoms. The standard InChI is InChI=1S/C23H23N3O4S/c1-14-8-9-21(31-14)23(28)24-18-7-5-6-16(10-18)15(2)25-26-22(27)17-11-19(29-3)13-20(12-17)30-4/h5-13H,1-4H3,(H,24,28)(H,26,27)/b25-15-. The first-order valence-corrected chi connectivity index (χ1v) is 10.3. The normalized spacial score (nSPS) is 11.0. The van der Waals surface area contributed by atoms with E-state index in [0.717, 1.165) is 10.4 Å². The molecule has 0 aliphatic rings. The van der Waals surface area contributed by atoms with Crippen LogP contribution in [-0.2, 0) is 0 Å². The number of ether oxygens (including phenoxy) is 2. The molecule has 0 aliphatic heterocycles. The van der Waals surface area contributed by atoms with Gasteiger partial charge in [-0.25, -0.2) is 5.43 Å². The van der Waals surface area contributed by atoms with Crippen molar-refractivity contribution in [2.24, 2.45) is 5.10 Å². The Morgan fingerprint density at radius 3 is 2.23 bits per heavy atom. The summed E-state index contributed by atoms with van der Waals surface area (Å²) in [5, 5.41) is 7.07. The Bertz CT molecular complexity index is 1120. The number of amides is 2. The number of aryl methyl sites for hydroxylation is 1. The topological polar surface area (TPSA) is 89.0 Å².